The molecule has 2 rings (SSSR count). The Balaban J connectivity index is 0.00000220. The van der Waals surface area contributed by atoms with Crippen molar-refractivity contribution in [2.45, 2.75) is 13.5 Å². The Morgan fingerprint density at radius 3 is 2.29 bits per heavy atom. The van der Waals surface area contributed by atoms with E-state index in [9.17, 15) is 9.90 Å². The number of benzene rings is 2. The molecular weight excluding hydrogens is 275 g/mol. The van der Waals surface area contributed by atoms with Crippen molar-refractivity contribution in [1.29, 1.82) is 0 Å². The van der Waals surface area contributed by atoms with Crippen LogP contribution in [-0.4, -0.2) is 5.97 Å². The maximum absolute atomic E-state index is 10.6. The van der Waals surface area contributed by atoms with Crippen LogP contribution in [0.2, 0.25) is 0 Å². The van der Waals surface area contributed by atoms with E-state index in [1.54, 1.807) is 6.08 Å². The average Bonchev–Trinajstić information content (AvgIpc) is 2.47. The summed E-state index contributed by atoms with van der Waals surface area (Å²) < 4.78 is 5.65. The molecule has 0 atom stereocenters. The SMILES string of the molecule is CC(=Cc1ccc(OCc2ccccc2)cc1)C(=O)[O-].[Na+]. The molecule has 2 aromatic carbocycles. The van der Waals surface area contributed by atoms with Crippen LogP contribution < -0.4 is 39.4 Å². The Morgan fingerprint density at radius 1 is 1.10 bits per heavy atom. The molecule has 0 fully saturated rings. The summed E-state index contributed by atoms with van der Waals surface area (Å²) in [5.74, 6) is -0.411. The van der Waals surface area contributed by atoms with Gasteiger partial charge >= 0.3 is 29.6 Å². The fourth-order valence-corrected chi connectivity index (χ4v) is 1.71. The third-order valence-corrected chi connectivity index (χ3v) is 2.83. The molecule has 21 heavy (non-hydrogen) atoms. The van der Waals surface area contributed by atoms with Crippen molar-refractivity contribution in [2.75, 3.05) is 0 Å². The van der Waals surface area contributed by atoms with Gasteiger partial charge in [0, 0.05) is 0 Å². The minimum absolute atomic E-state index is 0. The maximum Gasteiger partial charge on any atom is 1.00 e. The van der Waals surface area contributed by atoms with Crippen molar-refractivity contribution >= 4 is 12.0 Å². The van der Waals surface area contributed by atoms with Crippen LogP contribution in [0.25, 0.3) is 6.08 Å². The van der Waals surface area contributed by atoms with Crippen LogP contribution in [0.15, 0.2) is 60.2 Å². The minimum Gasteiger partial charge on any atom is -0.545 e. The van der Waals surface area contributed by atoms with E-state index in [1.807, 2.05) is 54.6 Å². The third kappa shape index (κ3) is 5.76. The molecule has 0 saturated carbocycles. The first-order chi connectivity index (χ1) is 9.65. The number of ether oxygens (including phenoxy) is 1. The van der Waals surface area contributed by atoms with Gasteiger partial charge in [0.2, 0.25) is 0 Å². The van der Waals surface area contributed by atoms with Crippen molar-refractivity contribution < 1.29 is 44.2 Å². The van der Waals surface area contributed by atoms with Crippen LogP contribution in [-0.2, 0) is 11.4 Å². The summed E-state index contributed by atoms with van der Waals surface area (Å²) in [4.78, 5) is 10.6. The molecule has 0 saturated heterocycles. The van der Waals surface area contributed by atoms with Crippen LogP contribution in [0.4, 0.5) is 0 Å². The van der Waals surface area contributed by atoms with Crippen LogP contribution in [0, 0.1) is 0 Å². The van der Waals surface area contributed by atoms with Gasteiger partial charge < -0.3 is 14.6 Å². The van der Waals surface area contributed by atoms with Crippen LogP contribution >= 0.6 is 0 Å². The zero-order valence-corrected chi connectivity index (χ0v) is 14.2. The van der Waals surface area contributed by atoms with Crippen molar-refractivity contribution in [2.24, 2.45) is 0 Å². The monoisotopic (exact) mass is 290 g/mol. The van der Waals surface area contributed by atoms with Gasteiger partial charge in [-0.05, 0) is 35.8 Å². The van der Waals surface area contributed by atoms with Crippen LogP contribution in [0.3, 0.4) is 0 Å². The van der Waals surface area contributed by atoms with E-state index in [4.69, 9.17) is 4.74 Å². The number of carbonyl (C=O) groups excluding carboxylic acids is 1. The van der Waals surface area contributed by atoms with Gasteiger partial charge in [0.05, 0.1) is 5.97 Å². The zero-order valence-electron chi connectivity index (χ0n) is 12.2. The van der Waals surface area contributed by atoms with Crippen molar-refractivity contribution in [3.05, 3.63) is 71.3 Å². The fraction of sp³-hybridized carbons (Fsp3) is 0.118. The first kappa shape index (κ1) is 17.5. The van der Waals surface area contributed by atoms with Crippen molar-refractivity contribution in [3.8, 4) is 5.75 Å². The molecule has 0 aliphatic carbocycles. The molecule has 0 aromatic heterocycles. The van der Waals surface area contributed by atoms with Crippen LogP contribution in [0.5, 0.6) is 5.75 Å². The number of carboxylic acid groups (broad SMARTS) is 1. The molecule has 0 aliphatic rings. The number of carboxylic acids is 1. The van der Waals surface area contributed by atoms with Gasteiger partial charge in [0.15, 0.2) is 0 Å². The van der Waals surface area contributed by atoms with E-state index in [0.29, 0.717) is 6.61 Å². The first-order valence-electron chi connectivity index (χ1n) is 6.31. The predicted octanol–water partition coefficient (Wildman–Crippen LogP) is -0.577. The van der Waals surface area contributed by atoms with Crippen molar-refractivity contribution in [3.63, 3.8) is 0 Å². The maximum atomic E-state index is 10.6. The third-order valence-electron chi connectivity index (χ3n) is 2.83. The smallest absolute Gasteiger partial charge is 0.545 e. The number of hydrogen-bond acceptors (Lipinski definition) is 3. The summed E-state index contributed by atoms with van der Waals surface area (Å²) in [5, 5.41) is 10.6. The molecule has 0 aliphatic heterocycles. The standard InChI is InChI=1S/C17H16O3.Na/c1-13(17(18)19)11-14-7-9-16(10-8-14)20-12-15-5-3-2-4-6-15;/h2-11H,12H2,1H3,(H,18,19);/q;+1/p-1. The molecule has 0 radical (unpaired) electrons. The molecule has 2 aromatic rings. The quantitative estimate of drug-likeness (QED) is 0.547. The Kier molecular flexibility index (Phi) is 7.23. The molecule has 0 heterocycles. The first-order valence-corrected chi connectivity index (χ1v) is 6.31. The van der Waals surface area contributed by atoms with E-state index >= 15 is 0 Å². The molecule has 0 amide bonds. The molecule has 3 nitrogen and oxygen atoms in total. The largest absolute Gasteiger partial charge is 1.00 e. The second-order valence-electron chi connectivity index (χ2n) is 4.46. The number of aliphatic carboxylic acids is 1. The summed E-state index contributed by atoms with van der Waals surface area (Å²) in [6, 6.07) is 17.2. The van der Waals surface area contributed by atoms with Crippen LogP contribution in [0.1, 0.15) is 18.1 Å². The number of hydrogen-bond donors (Lipinski definition) is 0. The van der Waals surface area contributed by atoms with Gasteiger partial charge in [-0.25, -0.2) is 0 Å². The summed E-state index contributed by atoms with van der Waals surface area (Å²) in [7, 11) is 0. The van der Waals surface area contributed by atoms with E-state index in [2.05, 4.69) is 0 Å². The van der Waals surface area contributed by atoms with Gasteiger partial charge in [-0.2, -0.15) is 0 Å². The molecular formula is C17H15NaO3. The predicted molar refractivity (Wildman–Crippen MR) is 75.9 cm³/mol. The van der Waals surface area contributed by atoms with Gasteiger partial charge in [-0.1, -0.05) is 48.5 Å². The molecule has 0 bridgehead atoms. The number of rotatable bonds is 5. The molecule has 0 N–H and O–H groups in total. The Labute approximate surface area is 146 Å². The zero-order chi connectivity index (χ0) is 14.4. The Hall–Kier alpha value is -1.55. The molecule has 102 valence electrons. The summed E-state index contributed by atoms with van der Waals surface area (Å²) in [5.41, 5.74) is 2.10. The van der Waals surface area contributed by atoms with E-state index < -0.39 is 5.97 Å². The summed E-state index contributed by atoms with van der Waals surface area (Å²) >= 11 is 0. The topological polar surface area (TPSA) is 49.4 Å². The second-order valence-corrected chi connectivity index (χ2v) is 4.46. The van der Waals surface area contributed by atoms with Crippen molar-refractivity contribution in [1.82, 2.24) is 0 Å². The minimum atomic E-state index is -1.16. The Morgan fingerprint density at radius 2 is 1.71 bits per heavy atom. The number of carbonyl (C=O) groups is 1. The molecule has 4 heteroatoms. The summed E-state index contributed by atoms with van der Waals surface area (Å²) in [6.07, 6.45) is 1.57. The van der Waals surface area contributed by atoms with E-state index in [0.717, 1.165) is 16.9 Å². The fourth-order valence-electron chi connectivity index (χ4n) is 1.71. The molecule has 0 unspecified atom stereocenters. The van der Waals surface area contributed by atoms with Gasteiger partial charge in [0.1, 0.15) is 12.4 Å². The van der Waals surface area contributed by atoms with Gasteiger partial charge in [-0.3, -0.25) is 0 Å². The van der Waals surface area contributed by atoms with Gasteiger partial charge in [0.25, 0.3) is 0 Å². The Bertz CT molecular complexity index is 604. The van der Waals surface area contributed by atoms with Gasteiger partial charge in [-0.15, -0.1) is 0 Å². The van der Waals surface area contributed by atoms with E-state index in [1.165, 1.54) is 6.92 Å². The van der Waals surface area contributed by atoms with E-state index in [-0.39, 0.29) is 35.1 Å². The second kappa shape index (κ2) is 8.67. The normalized spacial score (nSPS) is 10.6. The molecule has 0 spiro atoms. The summed E-state index contributed by atoms with van der Waals surface area (Å²) in [6.45, 7) is 2.02. The average molecular weight is 290 g/mol.